The summed E-state index contributed by atoms with van der Waals surface area (Å²) in [5.74, 6) is 0.222. The summed E-state index contributed by atoms with van der Waals surface area (Å²) in [6.07, 6.45) is 0.336. The van der Waals surface area contributed by atoms with Crippen molar-refractivity contribution in [2.24, 2.45) is 0 Å². The molecule has 2 N–H and O–H groups in total. The van der Waals surface area contributed by atoms with Gasteiger partial charge in [-0.15, -0.1) is 0 Å². The molecule has 2 aromatic rings. The van der Waals surface area contributed by atoms with Crippen molar-refractivity contribution in [2.45, 2.75) is 25.1 Å². The maximum absolute atomic E-state index is 12.8. The Labute approximate surface area is 168 Å². The molecular weight excluding hydrogens is 399 g/mol. The van der Waals surface area contributed by atoms with E-state index in [0.29, 0.717) is 40.7 Å². The third-order valence-corrected chi connectivity index (χ3v) is 4.89. The Hall–Kier alpha value is -3.80. The Morgan fingerprint density at radius 3 is 2.77 bits per heavy atom. The average molecular weight is 413 g/mol. The number of fused-ring (bicyclic) bond motifs is 1. The molecule has 9 heteroatoms. The lowest BCUT2D eigenvalue weighted by molar-refractivity contribution is -0.141. The molecule has 4 rings (SSSR count). The van der Waals surface area contributed by atoms with Crippen LogP contribution in [0.4, 0.5) is 13.2 Å². The van der Waals surface area contributed by atoms with Crippen molar-refractivity contribution in [3.8, 4) is 11.8 Å². The molecule has 1 aliphatic heterocycles. The fourth-order valence-corrected chi connectivity index (χ4v) is 3.44. The fourth-order valence-electron chi connectivity index (χ4n) is 3.44. The van der Waals surface area contributed by atoms with Gasteiger partial charge in [-0.1, -0.05) is 18.2 Å². The van der Waals surface area contributed by atoms with E-state index in [4.69, 9.17) is 10.00 Å². The van der Waals surface area contributed by atoms with Crippen molar-refractivity contribution in [1.29, 1.82) is 5.26 Å². The van der Waals surface area contributed by atoms with Crippen LogP contribution in [0.25, 0.3) is 0 Å². The van der Waals surface area contributed by atoms with Gasteiger partial charge in [0.25, 0.3) is 11.5 Å². The SMILES string of the molecule is N#Cc1ccc2c(c1)OC1=C(C=CCC1)C2NC(=O)c1ccc(C(F)(F)F)[nH]c1=O. The first-order valence-corrected chi connectivity index (χ1v) is 9.01. The number of pyridine rings is 1. The molecule has 152 valence electrons. The third-order valence-electron chi connectivity index (χ3n) is 4.89. The van der Waals surface area contributed by atoms with E-state index in [-0.39, 0.29) is 0 Å². The molecule has 1 aliphatic carbocycles. The number of nitrogens with one attached hydrogen (secondary N) is 2. The van der Waals surface area contributed by atoms with Gasteiger partial charge < -0.3 is 15.0 Å². The predicted molar refractivity (Wildman–Crippen MR) is 99.5 cm³/mol. The second-order valence-electron chi connectivity index (χ2n) is 6.81. The Bertz CT molecular complexity index is 1200. The summed E-state index contributed by atoms with van der Waals surface area (Å²) < 4.78 is 44.2. The molecule has 1 unspecified atom stereocenters. The highest BCUT2D eigenvalue weighted by molar-refractivity contribution is 5.94. The molecule has 1 aromatic carbocycles. The van der Waals surface area contributed by atoms with Gasteiger partial charge >= 0.3 is 6.18 Å². The Morgan fingerprint density at radius 2 is 2.07 bits per heavy atom. The molecule has 6 nitrogen and oxygen atoms in total. The van der Waals surface area contributed by atoms with Gasteiger partial charge in [0.1, 0.15) is 22.8 Å². The molecule has 0 saturated heterocycles. The molecule has 1 amide bonds. The second-order valence-corrected chi connectivity index (χ2v) is 6.81. The minimum Gasteiger partial charge on any atom is -0.461 e. The Morgan fingerprint density at radius 1 is 1.27 bits per heavy atom. The second kappa shape index (κ2) is 7.22. The van der Waals surface area contributed by atoms with Crippen molar-refractivity contribution in [3.05, 3.63) is 86.6 Å². The number of alkyl halides is 3. The molecule has 0 bridgehead atoms. The van der Waals surface area contributed by atoms with Crippen molar-refractivity contribution in [1.82, 2.24) is 10.3 Å². The summed E-state index contributed by atoms with van der Waals surface area (Å²) in [5.41, 5.74) is -1.15. The van der Waals surface area contributed by atoms with Crippen molar-refractivity contribution in [3.63, 3.8) is 0 Å². The number of nitriles is 1. The van der Waals surface area contributed by atoms with E-state index in [1.807, 2.05) is 18.2 Å². The first-order chi connectivity index (χ1) is 14.3. The molecule has 0 spiro atoms. The number of allylic oxidation sites excluding steroid dienone is 2. The zero-order valence-corrected chi connectivity index (χ0v) is 15.3. The van der Waals surface area contributed by atoms with Gasteiger partial charge in [0.15, 0.2) is 0 Å². The molecule has 0 radical (unpaired) electrons. The van der Waals surface area contributed by atoms with Gasteiger partial charge in [0, 0.05) is 17.6 Å². The number of ether oxygens (including phenoxy) is 1. The van der Waals surface area contributed by atoms with Crippen LogP contribution < -0.4 is 15.6 Å². The first-order valence-electron chi connectivity index (χ1n) is 9.01. The number of nitrogens with zero attached hydrogens (tertiary/aromatic N) is 1. The molecule has 0 fully saturated rings. The van der Waals surface area contributed by atoms with Gasteiger partial charge in [-0.2, -0.15) is 18.4 Å². The van der Waals surface area contributed by atoms with Gasteiger partial charge in [0.05, 0.1) is 17.7 Å². The van der Waals surface area contributed by atoms with E-state index in [1.165, 1.54) is 0 Å². The number of halogens is 3. The first kappa shape index (κ1) is 19.5. The molecule has 0 saturated carbocycles. The number of amides is 1. The summed E-state index contributed by atoms with van der Waals surface area (Å²) in [5, 5.41) is 11.8. The zero-order chi connectivity index (χ0) is 21.5. The zero-order valence-electron chi connectivity index (χ0n) is 15.3. The Balaban J connectivity index is 1.71. The number of rotatable bonds is 2. The smallest absolute Gasteiger partial charge is 0.431 e. The lowest BCUT2D eigenvalue weighted by Gasteiger charge is -2.31. The van der Waals surface area contributed by atoms with Gasteiger partial charge in [0.2, 0.25) is 0 Å². The van der Waals surface area contributed by atoms with Crippen LogP contribution in [0.2, 0.25) is 0 Å². The summed E-state index contributed by atoms with van der Waals surface area (Å²) in [6.45, 7) is 0. The van der Waals surface area contributed by atoms with Crippen LogP contribution in [-0.4, -0.2) is 10.9 Å². The fraction of sp³-hybridized carbons (Fsp3) is 0.190. The molecular formula is C21H14F3N3O3. The van der Waals surface area contributed by atoms with Crippen LogP contribution in [-0.2, 0) is 6.18 Å². The van der Waals surface area contributed by atoms with Crippen molar-refractivity contribution < 1.29 is 22.7 Å². The Kier molecular flexibility index (Phi) is 4.70. The van der Waals surface area contributed by atoms with Crippen LogP contribution in [0.15, 0.2) is 58.6 Å². The summed E-state index contributed by atoms with van der Waals surface area (Å²) in [4.78, 5) is 26.5. The summed E-state index contributed by atoms with van der Waals surface area (Å²) >= 11 is 0. The van der Waals surface area contributed by atoms with Crippen LogP contribution in [0.1, 0.15) is 46.1 Å². The van der Waals surface area contributed by atoms with Crippen molar-refractivity contribution in [2.75, 3.05) is 0 Å². The third kappa shape index (κ3) is 3.48. The largest absolute Gasteiger partial charge is 0.461 e. The maximum atomic E-state index is 12.8. The summed E-state index contributed by atoms with van der Waals surface area (Å²) in [6, 6.07) is 7.61. The number of aromatic amines is 1. The number of hydrogen-bond donors (Lipinski definition) is 2. The van der Waals surface area contributed by atoms with Gasteiger partial charge in [-0.05, 0) is 30.7 Å². The highest BCUT2D eigenvalue weighted by Crippen LogP contribution is 2.41. The number of carbonyl (C=O) groups is 1. The quantitative estimate of drug-likeness (QED) is 0.784. The number of benzene rings is 1. The van der Waals surface area contributed by atoms with E-state index in [9.17, 15) is 22.8 Å². The summed E-state index contributed by atoms with van der Waals surface area (Å²) in [7, 11) is 0. The van der Waals surface area contributed by atoms with E-state index in [0.717, 1.165) is 12.5 Å². The predicted octanol–water partition coefficient (Wildman–Crippen LogP) is 3.73. The van der Waals surface area contributed by atoms with E-state index in [2.05, 4.69) is 5.32 Å². The maximum Gasteiger partial charge on any atom is 0.431 e. The van der Waals surface area contributed by atoms with Crippen LogP contribution in [0, 0.1) is 11.3 Å². The molecule has 2 heterocycles. The topological polar surface area (TPSA) is 95.0 Å². The molecule has 2 aliphatic rings. The minimum absolute atomic E-state index is 0.383. The molecule has 30 heavy (non-hydrogen) atoms. The van der Waals surface area contributed by atoms with Gasteiger partial charge in [-0.25, -0.2) is 0 Å². The van der Waals surface area contributed by atoms with E-state index < -0.39 is 34.9 Å². The molecule has 1 atom stereocenters. The minimum atomic E-state index is -4.72. The van der Waals surface area contributed by atoms with Crippen LogP contribution in [0.3, 0.4) is 0 Å². The van der Waals surface area contributed by atoms with E-state index in [1.54, 1.807) is 23.2 Å². The monoisotopic (exact) mass is 413 g/mol. The average Bonchev–Trinajstić information content (AvgIpc) is 2.72. The lowest BCUT2D eigenvalue weighted by Crippen LogP contribution is -2.36. The highest BCUT2D eigenvalue weighted by Gasteiger charge is 2.34. The number of H-pyrrole nitrogens is 1. The highest BCUT2D eigenvalue weighted by atomic mass is 19.4. The normalized spacial score (nSPS) is 17.5. The molecule has 1 aromatic heterocycles. The number of aromatic nitrogens is 1. The van der Waals surface area contributed by atoms with E-state index >= 15 is 0 Å². The van der Waals surface area contributed by atoms with Gasteiger partial charge in [-0.3, -0.25) is 9.59 Å². The number of hydrogen-bond acceptors (Lipinski definition) is 4. The lowest BCUT2D eigenvalue weighted by atomic mass is 9.89. The van der Waals surface area contributed by atoms with Crippen LogP contribution >= 0.6 is 0 Å². The standard InChI is InChI=1S/C21H14F3N3O3/c22-21(23,24)17-8-7-14(19(28)26-17)20(29)27-18-12-3-1-2-4-15(12)30-16-9-11(10-25)5-6-13(16)18/h1,3,5-9,18H,2,4H2,(H,26,28)(H,27,29). The van der Waals surface area contributed by atoms with Crippen LogP contribution in [0.5, 0.6) is 5.75 Å². The van der Waals surface area contributed by atoms with Crippen molar-refractivity contribution >= 4 is 5.91 Å². The number of carbonyl (C=O) groups excluding carboxylic acids is 1.